The lowest BCUT2D eigenvalue weighted by Crippen LogP contribution is -2.24. The summed E-state index contributed by atoms with van der Waals surface area (Å²) in [5, 5.41) is 9.97. The lowest BCUT2D eigenvalue weighted by molar-refractivity contribution is -0.117. The van der Waals surface area contributed by atoms with E-state index < -0.39 is 0 Å². The van der Waals surface area contributed by atoms with E-state index in [9.17, 15) is 9.59 Å². The van der Waals surface area contributed by atoms with Gasteiger partial charge in [-0.3, -0.25) is 14.7 Å². The van der Waals surface area contributed by atoms with Gasteiger partial charge in [0.05, 0.1) is 12.1 Å². The first-order valence-corrected chi connectivity index (χ1v) is 7.51. The maximum Gasteiger partial charge on any atom is 0.232 e. The van der Waals surface area contributed by atoms with E-state index in [0.29, 0.717) is 5.56 Å². The van der Waals surface area contributed by atoms with Crippen LogP contribution in [0.1, 0.15) is 52.9 Å². The molecule has 5 heteroatoms. The summed E-state index contributed by atoms with van der Waals surface area (Å²) in [6, 6.07) is 5.38. The van der Waals surface area contributed by atoms with Crippen molar-refractivity contribution in [2.24, 2.45) is 0 Å². The first kappa shape index (κ1) is 14.5. The van der Waals surface area contributed by atoms with E-state index in [1.807, 2.05) is 13.0 Å². The van der Waals surface area contributed by atoms with Crippen molar-refractivity contribution in [3.63, 3.8) is 0 Å². The van der Waals surface area contributed by atoms with Crippen molar-refractivity contribution in [1.82, 2.24) is 10.2 Å². The van der Waals surface area contributed by atoms with E-state index in [4.69, 9.17) is 0 Å². The predicted molar refractivity (Wildman–Crippen MR) is 84.1 cm³/mol. The minimum absolute atomic E-state index is 0.0164. The van der Waals surface area contributed by atoms with Gasteiger partial charge in [0.25, 0.3) is 0 Å². The number of aromatic nitrogens is 2. The SMILES string of the molecule is CC(=O)c1ccc(NC(=O)[C@H]2CCCc3[nH]ncc32)cc1C. The molecule has 1 aliphatic rings. The number of fused-ring (bicyclic) bond motifs is 1. The molecule has 2 aromatic rings. The van der Waals surface area contributed by atoms with Gasteiger partial charge in [-0.1, -0.05) is 0 Å². The fourth-order valence-electron chi connectivity index (χ4n) is 3.10. The summed E-state index contributed by atoms with van der Waals surface area (Å²) in [7, 11) is 0. The number of rotatable bonds is 3. The first-order chi connectivity index (χ1) is 10.6. The highest BCUT2D eigenvalue weighted by molar-refractivity contribution is 5.98. The summed E-state index contributed by atoms with van der Waals surface area (Å²) < 4.78 is 0. The van der Waals surface area contributed by atoms with Gasteiger partial charge in [-0.25, -0.2) is 0 Å². The van der Waals surface area contributed by atoms with Crippen LogP contribution in [0.3, 0.4) is 0 Å². The number of nitrogens with one attached hydrogen (secondary N) is 2. The van der Waals surface area contributed by atoms with Crippen LogP contribution in [0.2, 0.25) is 0 Å². The number of nitrogens with zero attached hydrogens (tertiary/aromatic N) is 1. The molecule has 114 valence electrons. The van der Waals surface area contributed by atoms with Crippen molar-refractivity contribution < 1.29 is 9.59 Å². The zero-order valence-electron chi connectivity index (χ0n) is 12.8. The van der Waals surface area contributed by atoms with E-state index in [1.54, 1.807) is 25.3 Å². The molecule has 0 unspecified atom stereocenters. The maximum absolute atomic E-state index is 12.5. The minimum atomic E-state index is -0.157. The molecule has 0 saturated heterocycles. The number of anilines is 1. The molecule has 2 N–H and O–H groups in total. The van der Waals surface area contributed by atoms with Crippen molar-refractivity contribution in [3.8, 4) is 0 Å². The number of carbonyl (C=O) groups excluding carboxylic acids is 2. The molecule has 0 fully saturated rings. The number of hydrogen-bond acceptors (Lipinski definition) is 3. The van der Waals surface area contributed by atoms with Crippen molar-refractivity contribution in [1.29, 1.82) is 0 Å². The number of H-pyrrole nitrogens is 1. The molecule has 1 aromatic heterocycles. The third kappa shape index (κ3) is 2.66. The number of ketones is 1. The number of Topliss-reactive ketones (excluding diaryl/α,β-unsaturated/α-hetero) is 1. The maximum atomic E-state index is 12.5. The number of aryl methyl sites for hydroxylation is 2. The van der Waals surface area contributed by atoms with E-state index in [2.05, 4.69) is 15.5 Å². The molecule has 1 atom stereocenters. The Hall–Kier alpha value is -2.43. The highest BCUT2D eigenvalue weighted by atomic mass is 16.2. The lowest BCUT2D eigenvalue weighted by Gasteiger charge is -2.21. The molecule has 0 spiro atoms. The summed E-state index contributed by atoms with van der Waals surface area (Å²) >= 11 is 0. The first-order valence-electron chi connectivity index (χ1n) is 7.51. The van der Waals surface area contributed by atoms with Gasteiger partial charge < -0.3 is 5.32 Å². The molecule has 3 rings (SSSR count). The number of benzene rings is 1. The number of hydrogen-bond donors (Lipinski definition) is 2. The fraction of sp³-hybridized carbons (Fsp3) is 0.353. The topological polar surface area (TPSA) is 74.8 Å². The van der Waals surface area contributed by atoms with Gasteiger partial charge in [-0.05, 0) is 56.9 Å². The minimum Gasteiger partial charge on any atom is -0.326 e. The third-order valence-corrected chi connectivity index (χ3v) is 4.24. The molecule has 22 heavy (non-hydrogen) atoms. The van der Waals surface area contributed by atoms with Crippen molar-refractivity contribution in [2.75, 3.05) is 5.32 Å². The smallest absolute Gasteiger partial charge is 0.232 e. The van der Waals surface area contributed by atoms with Crippen LogP contribution >= 0.6 is 0 Å². The summed E-state index contributed by atoms with van der Waals surface area (Å²) in [6.45, 7) is 3.42. The van der Waals surface area contributed by atoms with Gasteiger partial charge in [0.1, 0.15) is 0 Å². The molecule has 5 nitrogen and oxygen atoms in total. The van der Waals surface area contributed by atoms with Crippen LogP contribution in [0.25, 0.3) is 0 Å². The zero-order valence-corrected chi connectivity index (χ0v) is 12.8. The Morgan fingerprint density at radius 3 is 2.91 bits per heavy atom. The molecule has 1 amide bonds. The second-order valence-corrected chi connectivity index (χ2v) is 5.82. The molecule has 1 aliphatic carbocycles. The van der Waals surface area contributed by atoms with Gasteiger partial charge >= 0.3 is 0 Å². The van der Waals surface area contributed by atoms with Crippen molar-refractivity contribution in [2.45, 2.75) is 39.0 Å². The molecular formula is C17H19N3O2. The standard InChI is InChI=1S/C17H19N3O2/c1-10-8-12(6-7-13(10)11(2)21)19-17(22)14-4-3-5-16-15(14)9-18-20-16/h6-9,14H,3-5H2,1-2H3,(H,18,20)(H,19,22)/t14-/m0/s1. The summed E-state index contributed by atoms with van der Waals surface area (Å²) in [6.07, 6.45) is 4.52. The van der Waals surface area contributed by atoms with E-state index in [1.165, 1.54) is 0 Å². The Kier molecular flexibility index (Phi) is 3.79. The molecule has 0 aliphatic heterocycles. The highest BCUT2D eigenvalue weighted by Crippen LogP contribution is 2.31. The molecule has 0 saturated carbocycles. The lowest BCUT2D eigenvalue weighted by atomic mass is 9.86. The average molecular weight is 297 g/mol. The van der Waals surface area contributed by atoms with Gasteiger partial charge in [-0.2, -0.15) is 5.10 Å². The third-order valence-electron chi connectivity index (χ3n) is 4.24. The molecule has 1 aromatic carbocycles. The predicted octanol–water partition coefficient (Wildman–Crippen LogP) is 2.98. The molecule has 0 radical (unpaired) electrons. The van der Waals surface area contributed by atoms with E-state index in [0.717, 1.165) is 41.8 Å². The van der Waals surface area contributed by atoms with Crippen molar-refractivity contribution in [3.05, 3.63) is 46.8 Å². The van der Waals surface area contributed by atoms with Gasteiger partial charge in [0, 0.05) is 22.5 Å². The van der Waals surface area contributed by atoms with Crippen LogP contribution in [-0.4, -0.2) is 21.9 Å². The van der Waals surface area contributed by atoms with Crippen molar-refractivity contribution >= 4 is 17.4 Å². The fourth-order valence-corrected chi connectivity index (χ4v) is 3.10. The molecular weight excluding hydrogens is 278 g/mol. The summed E-state index contributed by atoms with van der Waals surface area (Å²) in [5.41, 5.74) is 4.35. The van der Waals surface area contributed by atoms with Crippen LogP contribution in [-0.2, 0) is 11.2 Å². The largest absolute Gasteiger partial charge is 0.326 e. The Balaban J connectivity index is 1.78. The quantitative estimate of drug-likeness (QED) is 0.855. The summed E-state index contributed by atoms with van der Waals surface area (Å²) in [5.74, 6) is -0.140. The van der Waals surface area contributed by atoms with Crippen LogP contribution < -0.4 is 5.32 Å². The normalized spacial score (nSPS) is 16.9. The number of amides is 1. The molecule has 0 bridgehead atoms. The van der Waals surface area contributed by atoms with Gasteiger partial charge in [0.2, 0.25) is 5.91 Å². The Bertz CT molecular complexity index is 733. The number of carbonyl (C=O) groups is 2. The Morgan fingerprint density at radius 1 is 1.36 bits per heavy atom. The summed E-state index contributed by atoms with van der Waals surface area (Å²) in [4.78, 5) is 24.0. The molecule has 1 heterocycles. The number of aromatic amines is 1. The second kappa shape index (κ2) is 5.75. The van der Waals surface area contributed by atoms with Crippen LogP contribution in [0, 0.1) is 6.92 Å². The average Bonchev–Trinajstić information content (AvgIpc) is 2.95. The van der Waals surface area contributed by atoms with Crippen LogP contribution in [0.5, 0.6) is 0 Å². The second-order valence-electron chi connectivity index (χ2n) is 5.82. The Morgan fingerprint density at radius 2 is 2.18 bits per heavy atom. The zero-order chi connectivity index (χ0) is 15.7. The highest BCUT2D eigenvalue weighted by Gasteiger charge is 2.28. The van der Waals surface area contributed by atoms with Crippen LogP contribution in [0.4, 0.5) is 5.69 Å². The Labute approximate surface area is 129 Å². The van der Waals surface area contributed by atoms with Gasteiger partial charge in [-0.15, -0.1) is 0 Å². The monoisotopic (exact) mass is 297 g/mol. The van der Waals surface area contributed by atoms with Gasteiger partial charge in [0.15, 0.2) is 5.78 Å². The van der Waals surface area contributed by atoms with E-state index >= 15 is 0 Å². The van der Waals surface area contributed by atoms with Crippen LogP contribution in [0.15, 0.2) is 24.4 Å². The van der Waals surface area contributed by atoms with E-state index in [-0.39, 0.29) is 17.6 Å².